The van der Waals surface area contributed by atoms with Gasteiger partial charge in [0.25, 0.3) is 15.0 Å². The van der Waals surface area contributed by atoms with E-state index < -0.39 is 14.7 Å². The summed E-state index contributed by atoms with van der Waals surface area (Å²) in [6.45, 7) is 5.80. The zero-order valence-corrected chi connectivity index (χ0v) is 14.1. The Balaban J connectivity index is 3.02. The van der Waals surface area contributed by atoms with Crippen LogP contribution in [-0.2, 0) is 20.2 Å². The van der Waals surface area contributed by atoms with E-state index in [4.69, 9.17) is 15.4 Å². The van der Waals surface area contributed by atoms with Crippen LogP contribution in [0.5, 0.6) is 0 Å². The smallest absolute Gasteiger partial charge is 0.261 e. The Bertz CT molecular complexity index is 626. The highest BCUT2D eigenvalue weighted by molar-refractivity contribution is 8.13. The van der Waals surface area contributed by atoms with Gasteiger partial charge in [-0.05, 0) is 38.0 Å². The lowest BCUT2D eigenvalue weighted by atomic mass is 10.1. The highest BCUT2D eigenvalue weighted by atomic mass is 35.7. The summed E-state index contributed by atoms with van der Waals surface area (Å²) in [4.78, 5) is 12.1. The molecule has 0 saturated heterocycles. The zero-order chi connectivity index (χ0) is 16.3. The van der Waals surface area contributed by atoms with Crippen molar-refractivity contribution in [3.8, 4) is 0 Å². The van der Waals surface area contributed by atoms with Crippen LogP contribution in [0.3, 0.4) is 0 Å². The van der Waals surface area contributed by atoms with E-state index in [9.17, 15) is 13.2 Å². The van der Waals surface area contributed by atoms with Gasteiger partial charge in [0.2, 0.25) is 0 Å². The molecule has 0 unspecified atom stereocenters. The molecule has 0 bridgehead atoms. The number of aryl methyl sites for hydroxylation is 1. The predicted octanol–water partition coefficient (Wildman–Crippen LogP) is 2.33. The molecular weight excluding hydrogens is 314 g/mol. The van der Waals surface area contributed by atoms with E-state index in [0.717, 1.165) is 0 Å². The first kappa shape index (κ1) is 17.9. The molecule has 1 rings (SSSR count). The van der Waals surface area contributed by atoms with Crippen molar-refractivity contribution in [1.82, 2.24) is 5.32 Å². The van der Waals surface area contributed by atoms with Gasteiger partial charge in [0.1, 0.15) is 0 Å². The maximum atomic E-state index is 12.1. The van der Waals surface area contributed by atoms with E-state index in [1.807, 2.05) is 20.8 Å². The molecule has 1 N–H and O–H groups in total. The second-order valence-corrected chi connectivity index (χ2v) is 7.79. The SMILES string of the molecule is CCc1ccc(C(=O)NCC(C)(C)OC)cc1S(=O)(=O)Cl. The monoisotopic (exact) mass is 333 g/mol. The molecule has 0 aliphatic carbocycles. The van der Waals surface area contributed by atoms with Gasteiger partial charge in [-0.15, -0.1) is 0 Å². The van der Waals surface area contributed by atoms with E-state index in [1.165, 1.54) is 6.07 Å². The lowest BCUT2D eigenvalue weighted by Gasteiger charge is -2.23. The van der Waals surface area contributed by atoms with Crippen LogP contribution in [-0.4, -0.2) is 33.6 Å². The van der Waals surface area contributed by atoms with Crippen molar-refractivity contribution in [2.45, 2.75) is 37.7 Å². The molecule has 0 aliphatic rings. The molecule has 1 amide bonds. The Labute approximate surface area is 130 Å². The number of halogens is 1. The molecule has 1 aromatic rings. The lowest BCUT2D eigenvalue weighted by Crippen LogP contribution is -2.39. The van der Waals surface area contributed by atoms with E-state index in [-0.39, 0.29) is 16.4 Å². The van der Waals surface area contributed by atoms with Gasteiger partial charge in [-0.2, -0.15) is 0 Å². The number of benzene rings is 1. The Morgan fingerprint density at radius 1 is 1.38 bits per heavy atom. The first-order valence-electron chi connectivity index (χ1n) is 6.51. The summed E-state index contributed by atoms with van der Waals surface area (Å²) >= 11 is 0. The topological polar surface area (TPSA) is 72.5 Å². The van der Waals surface area contributed by atoms with Crippen molar-refractivity contribution in [2.24, 2.45) is 0 Å². The van der Waals surface area contributed by atoms with Gasteiger partial charge < -0.3 is 10.1 Å². The minimum atomic E-state index is -3.88. The van der Waals surface area contributed by atoms with Gasteiger partial charge >= 0.3 is 0 Å². The van der Waals surface area contributed by atoms with Crippen LogP contribution in [0.1, 0.15) is 36.7 Å². The number of hydrogen-bond donors (Lipinski definition) is 1. The summed E-state index contributed by atoms with van der Waals surface area (Å²) in [5, 5.41) is 2.70. The molecular formula is C14H20ClNO4S. The van der Waals surface area contributed by atoms with Crippen molar-refractivity contribution in [3.05, 3.63) is 29.3 Å². The maximum absolute atomic E-state index is 12.1. The fraction of sp³-hybridized carbons (Fsp3) is 0.500. The summed E-state index contributed by atoms with van der Waals surface area (Å²) in [5.74, 6) is -0.371. The molecule has 1 aromatic carbocycles. The van der Waals surface area contributed by atoms with Gasteiger partial charge in [-0.3, -0.25) is 4.79 Å². The van der Waals surface area contributed by atoms with Crippen LogP contribution in [0.4, 0.5) is 0 Å². The first-order chi connectivity index (χ1) is 9.60. The molecule has 0 radical (unpaired) electrons. The quantitative estimate of drug-likeness (QED) is 0.811. The highest BCUT2D eigenvalue weighted by Gasteiger charge is 2.20. The minimum Gasteiger partial charge on any atom is -0.377 e. The van der Waals surface area contributed by atoms with Crippen molar-refractivity contribution >= 4 is 25.6 Å². The third kappa shape index (κ3) is 4.98. The summed E-state index contributed by atoms with van der Waals surface area (Å²) < 4.78 is 28.3. The van der Waals surface area contributed by atoms with E-state index >= 15 is 0 Å². The van der Waals surface area contributed by atoms with E-state index in [0.29, 0.717) is 18.5 Å². The van der Waals surface area contributed by atoms with Crippen molar-refractivity contribution in [3.63, 3.8) is 0 Å². The molecule has 118 valence electrons. The predicted molar refractivity (Wildman–Crippen MR) is 82.3 cm³/mol. The van der Waals surface area contributed by atoms with E-state index in [1.54, 1.807) is 19.2 Å². The van der Waals surface area contributed by atoms with Crippen LogP contribution in [0, 0.1) is 0 Å². The van der Waals surface area contributed by atoms with E-state index in [2.05, 4.69) is 5.32 Å². The van der Waals surface area contributed by atoms with Gasteiger partial charge in [-0.1, -0.05) is 13.0 Å². The fourth-order valence-electron chi connectivity index (χ4n) is 1.68. The maximum Gasteiger partial charge on any atom is 0.261 e. The lowest BCUT2D eigenvalue weighted by molar-refractivity contribution is 0.0228. The minimum absolute atomic E-state index is 0.0229. The van der Waals surface area contributed by atoms with Crippen LogP contribution in [0.15, 0.2) is 23.1 Å². The highest BCUT2D eigenvalue weighted by Crippen LogP contribution is 2.22. The number of nitrogens with one attached hydrogen (secondary N) is 1. The number of amides is 1. The van der Waals surface area contributed by atoms with Crippen molar-refractivity contribution in [2.75, 3.05) is 13.7 Å². The number of methoxy groups -OCH3 is 1. The summed E-state index contributed by atoms with van der Waals surface area (Å²) in [6, 6.07) is 4.49. The van der Waals surface area contributed by atoms with Gasteiger partial charge in [0.05, 0.1) is 10.5 Å². The Kier molecular flexibility index (Phi) is 5.78. The number of hydrogen-bond acceptors (Lipinski definition) is 4. The van der Waals surface area contributed by atoms with Gasteiger partial charge in [0.15, 0.2) is 0 Å². The molecule has 7 heteroatoms. The number of rotatable bonds is 6. The van der Waals surface area contributed by atoms with Crippen LogP contribution < -0.4 is 5.32 Å². The Hall–Kier alpha value is -1.11. The van der Waals surface area contributed by atoms with Crippen molar-refractivity contribution in [1.29, 1.82) is 0 Å². The molecule has 0 saturated carbocycles. The van der Waals surface area contributed by atoms with Crippen LogP contribution in [0.2, 0.25) is 0 Å². The summed E-state index contributed by atoms with van der Waals surface area (Å²) in [7, 11) is 3.09. The molecule has 0 aliphatic heterocycles. The molecule has 0 heterocycles. The summed E-state index contributed by atoms with van der Waals surface area (Å²) in [6.07, 6.45) is 0.514. The third-order valence-electron chi connectivity index (χ3n) is 3.20. The largest absolute Gasteiger partial charge is 0.377 e. The first-order valence-corrected chi connectivity index (χ1v) is 8.82. The molecule has 5 nitrogen and oxygen atoms in total. The van der Waals surface area contributed by atoms with Gasteiger partial charge in [-0.25, -0.2) is 8.42 Å². The Morgan fingerprint density at radius 2 is 2.00 bits per heavy atom. The average Bonchev–Trinajstić information content (AvgIpc) is 2.43. The normalized spacial score (nSPS) is 12.2. The standard InChI is InChI=1S/C14H20ClNO4S/c1-5-10-6-7-11(8-12(10)21(15,18)19)13(17)16-9-14(2,3)20-4/h6-8H,5,9H2,1-4H3,(H,16,17). The number of carbonyl (C=O) groups is 1. The van der Waals surface area contributed by atoms with Crippen LogP contribution in [0.25, 0.3) is 0 Å². The van der Waals surface area contributed by atoms with Crippen molar-refractivity contribution < 1.29 is 17.9 Å². The number of carbonyl (C=O) groups excluding carboxylic acids is 1. The molecule has 0 fully saturated rings. The molecule has 0 aromatic heterocycles. The third-order valence-corrected chi connectivity index (χ3v) is 4.60. The van der Waals surface area contributed by atoms with Gasteiger partial charge in [0, 0.05) is 29.9 Å². The molecule has 21 heavy (non-hydrogen) atoms. The summed E-state index contributed by atoms with van der Waals surface area (Å²) in [5.41, 5.74) is 0.331. The Morgan fingerprint density at radius 3 is 2.48 bits per heavy atom. The average molecular weight is 334 g/mol. The molecule has 0 spiro atoms. The second kappa shape index (κ2) is 6.77. The van der Waals surface area contributed by atoms with Crippen LogP contribution >= 0.6 is 10.7 Å². The second-order valence-electron chi connectivity index (χ2n) is 5.26. The fourth-order valence-corrected chi connectivity index (χ4v) is 2.91. The molecule has 0 atom stereocenters. The number of ether oxygens (including phenoxy) is 1. The zero-order valence-electron chi connectivity index (χ0n) is 12.6.